The van der Waals surface area contributed by atoms with E-state index < -0.39 is 28.5 Å². The molecule has 8 nitrogen and oxygen atoms in total. The van der Waals surface area contributed by atoms with Crippen molar-refractivity contribution in [2.24, 2.45) is 5.92 Å². The monoisotopic (exact) mass is 615 g/mol. The second-order valence-electron chi connectivity index (χ2n) is 9.46. The fourth-order valence-corrected chi connectivity index (χ4v) is 5.83. The second kappa shape index (κ2) is 13.6. The number of benzene rings is 3. The van der Waals surface area contributed by atoms with Gasteiger partial charge in [-0.1, -0.05) is 72.2 Å². The van der Waals surface area contributed by atoms with Crippen molar-refractivity contribution >= 4 is 43.5 Å². The lowest BCUT2D eigenvalue weighted by Crippen LogP contribution is -2.51. The van der Waals surface area contributed by atoms with Crippen molar-refractivity contribution in [3.05, 3.63) is 88.9 Å². The summed E-state index contributed by atoms with van der Waals surface area (Å²) in [7, 11) is -2.73. The molecular weight excluding hydrogens is 582 g/mol. The molecule has 0 heterocycles. The van der Waals surface area contributed by atoms with Gasteiger partial charge in [0.1, 0.15) is 18.3 Å². The van der Waals surface area contributed by atoms with Gasteiger partial charge in [0.15, 0.2) is 0 Å². The third kappa shape index (κ3) is 7.83. The minimum absolute atomic E-state index is 0.0324. The van der Waals surface area contributed by atoms with Crippen molar-refractivity contribution in [3.63, 3.8) is 0 Å². The molecule has 2 amide bonds. The van der Waals surface area contributed by atoms with E-state index in [9.17, 15) is 18.0 Å². The van der Waals surface area contributed by atoms with Crippen molar-refractivity contribution in [1.82, 2.24) is 10.2 Å². The molecule has 1 N–H and O–H groups in total. The molecule has 0 saturated carbocycles. The third-order valence-corrected chi connectivity index (χ3v) is 8.32. The minimum Gasteiger partial charge on any atom is -0.495 e. The summed E-state index contributed by atoms with van der Waals surface area (Å²) in [6.45, 7) is 5.64. The van der Waals surface area contributed by atoms with Gasteiger partial charge in [-0.15, -0.1) is 0 Å². The van der Waals surface area contributed by atoms with Gasteiger partial charge in [-0.2, -0.15) is 0 Å². The van der Waals surface area contributed by atoms with Crippen LogP contribution < -0.4 is 14.4 Å². The number of hydrogen-bond donors (Lipinski definition) is 1. The van der Waals surface area contributed by atoms with E-state index in [-0.39, 0.29) is 29.0 Å². The summed E-state index contributed by atoms with van der Waals surface area (Å²) in [6.07, 6.45) is 0. The number of hydrogen-bond acceptors (Lipinski definition) is 5. The first kappa shape index (κ1) is 30.2. The van der Waals surface area contributed by atoms with Crippen LogP contribution in [-0.2, 0) is 26.2 Å². The zero-order valence-corrected chi connectivity index (χ0v) is 24.9. The minimum atomic E-state index is -4.16. The van der Waals surface area contributed by atoms with Gasteiger partial charge < -0.3 is 15.0 Å². The maximum absolute atomic E-state index is 14.0. The molecule has 0 fully saturated rings. The molecule has 0 spiro atoms. The van der Waals surface area contributed by atoms with Crippen LogP contribution in [0, 0.1) is 5.92 Å². The van der Waals surface area contributed by atoms with E-state index >= 15 is 0 Å². The summed E-state index contributed by atoms with van der Waals surface area (Å²) in [5.41, 5.74) is 1.01. The van der Waals surface area contributed by atoms with Crippen LogP contribution in [0.2, 0.25) is 0 Å². The Labute approximate surface area is 239 Å². The van der Waals surface area contributed by atoms with Gasteiger partial charge >= 0.3 is 0 Å². The molecule has 3 rings (SSSR count). The number of carbonyl (C=O) groups is 2. The highest BCUT2D eigenvalue weighted by Crippen LogP contribution is 2.32. The maximum atomic E-state index is 14.0. The van der Waals surface area contributed by atoms with Crippen molar-refractivity contribution in [2.75, 3.05) is 24.5 Å². The third-order valence-electron chi connectivity index (χ3n) is 6.06. The number of sulfonamides is 1. The van der Waals surface area contributed by atoms with Crippen LogP contribution in [0.25, 0.3) is 0 Å². The first-order chi connectivity index (χ1) is 18.5. The number of ether oxygens (including phenoxy) is 1. The molecule has 0 aliphatic rings. The van der Waals surface area contributed by atoms with Gasteiger partial charge in [-0.05, 0) is 54.8 Å². The molecule has 208 valence electrons. The topological polar surface area (TPSA) is 96.0 Å². The molecular formula is C29H34BrN3O5S. The average molecular weight is 617 g/mol. The van der Waals surface area contributed by atoms with Gasteiger partial charge in [0.2, 0.25) is 11.8 Å². The molecule has 39 heavy (non-hydrogen) atoms. The summed E-state index contributed by atoms with van der Waals surface area (Å²) in [5.74, 6) is -0.326. The van der Waals surface area contributed by atoms with E-state index in [2.05, 4.69) is 21.2 Å². The highest BCUT2D eigenvalue weighted by molar-refractivity contribution is 9.10. The Morgan fingerprint density at radius 3 is 2.26 bits per heavy atom. The number of halogens is 1. The van der Waals surface area contributed by atoms with Gasteiger partial charge in [-0.3, -0.25) is 13.9 Å². The quantitative estimate of drug-likeness (QED) is 0.314. The summed E-state index contributed by atoms with van der Waals surface area (Å²) >= 11 is 3.45. The summed E-state index contributed by atoms with van der Waals surface area (Å²) in [4.78, 5) is 28.5. The normalized spacial score (nSPS) is 12.1. The Balaban J connectivity index is 2.04. The van der Waals surface area contributed by atoms with E-state index in [1.165, 1.54) is 24.1 Å². The molecule has 0 aliphatic heterocycles. The maximum Gasteiger partial charge on any atom is 0.264 e. The number of rotatable bonds is 12. The Kier molecular flexibility index (Phi) is 10.5. The lowest BCUT2D eigenvalue weighted by atomic mass is 10.1. The fourth-order valence-electron chi connectivity index (χ4n) is 3.94. The highest BCUT2D eigenvalue weighted by Gasteiger charge is 2.33. The zero-order chi connectivity index (χ0) is 28.6. The van der Waals surface area contributed by atoms with Crippen molar-refractivity contribution in [3.8, 4) is 5.75 Å². The highest BCUT2D eigenvalue weighted by atomic mass is 79.9. The molecule has 0 aromatic heterocycles. The standard InChI is InChI=1S/C29H34BrN3O5S/c1-21(2)18-31-29(35)22(3)32(19-23-11-10-12-24(30)17-23)28(34)20-33(26-15-8-9-16-27(26)38-4)39(36,37)25-13-6-5-7-14-25/h5-17,21-22H,18-20H2,1-4H3,(H,31,35)/t22-/m0/s1. The molecule has 3 aromatic carbocycles. The smallest absolute Gasteiger partial charge is 0.264 e. The van der Waals surface area contributed by atoms with Crippen LogP contribution in [0.5, 0.6) is 5.75 Å². The van der Waals surface area contributed by atoms with Crippen LogP contribution in [-0.4, -0.2) is 51.4 Å². The van der Waals surface area contributed by atoms with Crippen molar-refractivity contribution in [2.45, 2.75) is 38.3 Å². The number of methoxy groups -OCH3 is 1. The summed E-state index contributed by atoms with van der Waals surface area (Å²) in [6, 6.07) is 21.1. The van der Waals surface area contributed by atoms with E-state index in [4.69, 9.17) is 4.74 Å². The lowest BCUT2D eigenvalue weighted by molar-refractivity contribution is -0.139. The number of carbonyl (C=O) groups excluding carboxylic acids is 2. The summed E-state index contributed by atoms with van der Waals surface area (Å²) < 4.78 is 35.0. The van der Waals surface area contributed by atoms with Crippen LogP contribution in [0.4, 0.5) is 5.69 Å². The number of nitrogens with one attached hydrogen (secondary N) is 1. The second-order valence-corrected chi connectivity index (χ2v) is 12.2. The van der Waals surface area contributed by atoms with Gasteiger partial charge in [0.05, 0.1) is 17.7 Å². The molecule has 0 radical (unpaired) electrons. The van der Waals surface area contributed by atoms with Crippen LogP contribution in [0.15, 0.2) is 88.2 Å². The molecule has 3 aromatic rings. The molecule has 0 saturated heterocycles. The molecule has 10 heteroatoms. The van der Waals surface area contributed by atoms with Crippen molar-refractivity contribution < 1.29 is 22.7 Å². The zero-order valence-electron chi connectivity index (χ0n) is 22.5. The molecule has 0 unspecified atom stereocenters. The van der Waals surface area contributed by atoms with Crippen LogP contribution in [0.1, 0.15) is 26.3 Å². The first-order valence-corrected chi connectivity index (χ1v) is 14.8. The predicted molar refractivity (Wildman–Crippen MR) is 156 cm³/mol. The Morgan fingerprint density at radius 2 is 1.62 bits per heavy atom. The molecule has 0 bridgehead atoms. The van der Waals surface area contributed by atoms with E-state index in [0.29, 0.717) is 12.3 Å². The summed E-state index contributed by atoms with van der Waals surface area (Å²) in [5, 5.41) is 2.88. The van der Waals surface area contributed by atoms with Crippen molar-refractivity contribution in [1.29, 1.82) is 0 Å². The number of anilines is 1. The SMILES string of the molecule is COc1ccccc1N(CC(=O)N(Cc1cccc(Br)c1)[C@@H](C)C(=O)NCC(C)C)S(=O)(=O)c1ccccc1. The Morgan fingerprint density at radius 1 is 0.949 bits per heavy atom. The van der Waals surface area contributed by atoms with Gasteiger partial charge in [0, 0.05) is 17.6 Å². The lowest BCUT2D eigenvalue weighted by Gasteiger charge is -2.32. The largest absolute Gasteiger partial charge is 0.495 e. The average Bonchev–Trinajstić information content (AvgIpc) is 2.93. The van der Waals surface area contributed by atoms with E-state index in [0.717, 1.165) is 14.3 Å². The van der Waals surface area contributed by atoms with Crippen LogP contribution >= 0.6 is 15.9 Å². The van der Waals surface area contributed by atoms with E-state index in [1.54, 1.807) is 49.4 Å². The molecule has 0 aliphatic carbocycles. The molecule has 1 atom stereocenters. The van der Waals surface area contributed by atoms with Gasteiger partial charge in [0.25, 0.3) is 10.0 Å². The van der Waals surface area contributed by atoms with E-state index in [1.807, 2.05) is 38.1 Å². The fraction of sp³-hybridized carbons (Fsp3) is 0.310. The van der Waals surface area contributed by atoms with Gasteiger partial charge in [-0.25, -0.2) is 8.42 Å². The predicted octanol–water partition coefficient (Wildman–Crippen LogP) is 4.84. The Bertz CT molecular complexity index is 1380. The number of amides is 2. The first-order valence-electron chi connectivity index (χ1n) is 12.6. The Hall–Kier alpha value is -3.37. The number of para-hydroxylation sites is 2. The number of nitrogens with zero attached hydrogens (tertiary/aromatic N) is 2. The van der Waals surface area contributed by atoms with Crippen LogP contribution in [0.3, 0.4) is 0 Å².